The topological polar surface area (TPSA) is 111 Å². The number of methoxy groups -OCH3 is 1. The first-order chi connectivity index (χ1) is 17.7. The third-order valence-corrected chi connectivity index (χ3v) is 5.33. The number of amides is 1. The number of fused-ring (bicyclic) bond motifs is 1. The Kier molecular flexibility index (Phi) is 9.75. The van der Waals surface area contributed by atoms with E-state index < -0.39 is 0 Å². The van der Waals surface area contributed by atoms with Crippen molar-refractivity contribution < 1.29 is 14.3 Å². The predicted octanol–water partition coefficient (Wildman–Crippen LogP) is 5.85. The number of aromatic nitrogens is 4. The van der Waals surface area contributed by atoms with Crippen molar-refractivity contribution in [1.82, 2.24) is 19.9 Å². The van der Waals surface area contributed by atoms with Gasteiger partial charge in [0, 0.05) is 17.0 Å². The standard InChI is InChI=1S/C27H22N6O3.2ClH/c1-35-23-12-21-22(13-24(23)36-16-18-8-4-2-5-9-18)30-17-31-25(21)32-20-14-28-27(29-15-20)33-26(34)19-10-6-3-7-11-19;;/h2-15,17H,16H2,1H3,(H,30,31,32)(H,28,29,33,34);2*1H. The van der Waals surface area contributed by atoms with Gasteiger partial charge in [0.1, 0.15) is 18.8 Å². The highest BCUT2D eigenvalue weighted by Crippen LogP contribution is 2.35. The van der Waals surface area contributed by atoms with Crippen LogP contribution < -0.4 is 20.1 Å². The Morgan fingerprint density at radius 2 is 1.53 bits per heavy atom. The maximum atomic E-state index is 12.3. The van der Waals surface area contributed by atoms with E-state index in [1.54, 1.807) is 43.8 Å². The van der Waals surface area contributed by atoms with Crippen LogP contribution in [0.15, 0.2) is 91.5 Å². The fourth-order valence-electron chi connectivity index (χ4n) is 3.53. The highest BCUT2D eigenvalue weighted by Gasteiger charge is 2.13. The number of ether oxygens (including phenoxy) is 2. The van der Waals surface area contributed by atoms with E-state index in [2.05, 4.69) is 30.6 Å². The number of hydrogen-bond donors (Lipinski definition) is 2. The lowest BCUT2D eigenvalue weighted by atomic mass is 10.2. The molecule has 1 amide bonds. The largest absolute Gasteiger partial charge is 0.493 e. The predicted molar refractivity (Wildman–Crippen MR) is 151 cm³/mol. The molecule has 5 rings (SSSR count). The van der Waals surface area contributed by atoms with Crippen LogP contribution in [0.1, 0.15) is 15.9 Å². The van der Waals surface area contributed by atoms with Crippen LogP contribution in [0.2, 0.25) is 0 Å². The minimum absolute atomic E-state index is 0. The van der Waals surface area contributed by atoms with Crippen molar-refractivity contribution in [3.63, 3.8) is 0 Å². The monoisotopic (exact) mass is 550 g/mol. The van der Waals surface area contributed by atoms with Crippen molar-refractivity contribution in [2.24, 2.45) is 0 Å². The van der Waals surface area contributed by atoms with Crippen molar-refractivity contribution in [2.75, 3.05) is 17.7 Å². The molecule has 0 aliphatic heterocycles. The van der Waals surface area contributed by atoms with E-state index >= 15 is 0 Å². The number of rotatable bonds is 8. The van der Waals surface area contributed by atoms with Crippen molar-refractivity contribution in [2.45, 2.75) is 6.61 Å². The van der Waals surface area contributed by atoms with Gasteiger partial charge >= 0.3 is 0 Å². The lowest BCUT2D eigenvalue weighted by Gasteiger charge is -2.14. The molecule has 5 aromatic rings. The fourth-order valence-corrected chi connectivity index (χ4v) is 3.53. The second kappa shape index (κ2) is 13.2. The molecule has 2 aromatic heterocycles. The molecule has 0 saturated carbocycles. The van der Waals surface area contributed by atoms with Crippen LogP contribution >= 0.6 is 24.8 Å². The number of halogens is 2. The molecule has 0 radical (unpaired) electrons. The Balaban J connectivity index is 0.00000200. The first-order valence-corrected chi connectivity index (χ1v) is 11.1. The summed E-state index contributed by atoms with van der Waals surface area (Å²) in [7, 11) is 1.59. The molecule has 0 spiro atoms. The molecule has 2 heterocycles. The van der Waals surface area contributed by atoms with Gasteiger partial charge in [0.2, 0.25) is 5.95 Å². The summed E-state index contributed by atoms with van der Waals surface area (Å²) < 4.78 is 11.6. The molecule has 194 valence electrons. The van der Waals surface area contributed by atoms with Crippen molar-refractivity contribution >= 4 is 59.1 Å². The first-order valence-electron chi connectivity index (χ1n) is 11.1. The molecule has 9 nitrogen and oxygen atoms in total. The maximum Gasteiger partial charge on any atom is 0.258 e. The Bertz CT molecular complexity index is 1490. The number of hydrogen-bond acceptors (Lipinski definition) is 8. The third kappa shape index (κ3) is 6.64. The van der Waals surface area contributed by atoms with Gasteiger partial charge in [-0.25, -0.2) is 19.9 Å². The summed E-state index contributed by atoms with van der Waals surface area (Å²) in [5.74, 6) is 1.61. The fraction of sp³-hybridized carbons (Fsp3) is 0.0741. The average molecular weight is 551 g/mol. The summed E-state index contributed by atoms with van der Waals surface area (Å²) in [6, 6.07) is 22.4. The average Bonchev–Trinajstić information content (AvgIpc) is 2.93. The van der Waals surface area contributed by atoms with Crippen molar-refractivity contribution in [3.05, 3.63) is 103 Å². The van der Waals surface area contributed by atoms with Crippen LogP contribution in [0.25, 0.3) is 10.9 Å². The number of carbonyl (C=O) groups is 1. The van der Waals surface area contributed by atoms with Crippen LogP contribution in [0.5, 0.6) is 11.5 Å². The summed E-state index contributed by atoms with van der Waals surface area (Å²) >= 11 is 0. The van der Waals surface area contributed by atoms with E-state index in [1.807, 2.05) is 48.5 Å². The molecule has 11 heteroatoms. The molecule has 0 bridgehead atoms. The van der Waals surface area contributed by atoms with E-state index in [1.165, 1.54) is 6.33 Å². The molecule has 0 aliphatic rings. The molecular formula is C27H24Cl2N6O3. The lowest BCUT2D eigenvalue weighted by molar-refractivity contribution is 0.102. The van der Waals surface area contributed by atoms with Gasteiger partial charge in [0.05, 0.1) is 30.7 Å². The minimum Gasteiger partial charge on any atom is -0.493 e. The lowest BCUT2D eigenvalue weighted by Crippen LogP contribution is -2.14. The van der Waals surface area contributed by atoms with Gasteiger partial charge in [-0.1, -0.05) is 48.5 Å². The molecule has 2 N–H and O–H groups in total. The van der Waals surface area contributed by atoms with Gasteiger partial charge < -0.3 is 14.8 Å². The molecular weight excluding hydrogens is 527 g/mol. The Morgan fingerprint density at radius 1 is 0.842 bits per heavy atom. The Labute approximate surface area is 231 Å². The second-order valence-corrected chi connectivity index (χ2v) is 7.76. The number of anilines is 3. The number of benzene rings is 3. The van der Waals surface area contributed by atoms with Gasteiger partial charge in [0.15, 0.2) is 11.5 Å². The van der Waals surface area contributed by atoms with E-state index in [0.29, 0.717) is 40.7 Å². The molecule has 3 aromatic carbocycles. The van der Waals surface area contributed by atoms with Gasteiger partial charge in [-0.05, 0) is 23.8 Å². The number of nitrogens with zero attached hydrogens (tertiary/aromatic N) is 4. The highest BCUT2D eigenvalue weighted by molar-refractivity contribution is 6.03. The van der Waals surface area contributed by atoms with E-state index in [4.69, 9.17) is 9.47 Å². The molecule has 0 aliphatic carbocycles. The molecule has 0 unspecified atom stereocenters. The van der Waals surface area contributed by atoms with E-state index in [9.17, 15) is 4.79 Å². The molecule has 38 heavy (non-hydrogen) atoms. The van der Waals surface area contributed by atoms with E-state index in [-0.39, 0.29) is 36.7 Å². The zero-order valence-electron chi connectivity index (χ0n) is 20.2. The van der Waals surface area contributed by atoms with Crippen LogP contribution in [0.4, 0.5) is 17.5 Å². The first kappa shape index (κ1) is 28.1. The van der Waals surface area contributed by atoms with Gasteiger partial charge in [-0.3, -0.25) is 10.1 Å². The number of nitrogens with one attached hydrogen (secondary N) is 2. The van der Waals surface area contributed by atoms with E-state index in [0.717, 1.165) is 10.9 Å². The maximum absolute atomic E-state index is 12.3. The zero-order valence-corrected chi connectivity index (χ0v) is 21.8. The van der Waals surface area contributed by atoms with Gasteiger partial charge in [-0.2, -0.15) is 0 Å². The summed E-state index contributed by atoms with van der Waals surface area (Å²) in [5, 5.41) is 6.62. The SMILES string of the molecule is COc1cc2c(Nc3cnc(NC(=O)c4ccccc4)nc3)ncnc2cc1OCc1ccccc1.Cl.Cl. The summed E-state index contributed by atoms with van der Waals surface area (Å²) in [6.07, 6.45) is 4.60. The molecule has 0 saturated heterocycles. The Morgan fingerprint density at radius 3 is 2.21 bits per heavy atom. The molecule has 0 fully saturated rings. The van der Waals surface area contributed by atoms with Crippen LogP contribution in [0, 0.1) is 0 Å². The summed E-state index contributed by atoms with van der Waals surface area (Å²) in [4.78, 5) is 29.5. The van der Waals surface area contributed by atoms with Gasteiger partial charge in [-0.15, -0.1) is 24.8 Å². The third-order valence-electron chi connectivity index (χ3n) is 5.33. The normalized spacial score (nSPS) is 10.0. The summed E-state index contributed by atoms with van der Waals surface area (Å²) in [6.45, 7) is 0.406. The van der Waals surface area contributed by atoms with Crippen molar-refractivity contribution in [1.29, 1.82) is 0 Å². The molecule has 0 atom stereocenters. The Hall–Kier alpha value is -4.47. The van der Waals surface area contributed by atoms with Crippen LogP contribution in [-0.2, 0) is 6.61 Å². The zero-order chi connectivity index (χ0) is 24.7. The number of carbonyl (C=O) groups excluding carboxylic acids is 1. The second-order valence-electron chi connectivity index (χ2n) is 7.76. The summed E-state index contributed by atoms with van der Waals surface area (Å²) in [5.41, 5.74) is 2.85. The minimum atomic E-state index is -0.282. The van der Waals surface area contributed by atoms with Crippen LogP contribution in [0.3, 0.4) is 0 Å². The van der Waals surface area contributed by atoms with Crippen LogP contribution in [-0.4, -0.2) is 33.0 Å². The highest BCUT2D eigenvalue weighted by atomic mass is 35.5. The smallest absolute Gasteiger partial charge is 0.258 e. The quantitative estimate of drug-likeness (QED) is 0.247. The van der Waals surface area contributed by atoms with Gasteiger partial charge in [0.25, 0.3) is 5.91 Å². The van der Waals surface area contributed by atoms with Crippen molar-refractivity contribution in [3.8, 4) is 11.5 Å².